The van der Waals surface area contributed by atoms with E-state index in [1.165, 1.54) is 25.7 Å². The zero-order valence-electron chi connectivity index (χ0n) is 10.3. The zero-order chi connectivity index (χ0) is 10.3. The van der Waals surface area contributed by atoms with Gasteiger partial charge in [0.05, 0.1) is 0 Å². The van der Waals surface area contributed by atoms with Gasteiger partial charge >= 0.3 is 0 Å². The molecule has 70 valence electrons. The van der Waals surface area contributed by atoms with Crippen LogP contribution in [0.15, 0.2) is 0 Å². The van der Waals surface area contributed by atoms with Gasteiger partial charge in [0.2, 0.25) is 0 Å². The Labute approximate surface area is 79.6 Å². The van der Waals surface area contributed by atoms with Crippen LogP contribution < -0.4 is 0 Å². The van der Waals surface area contributed by atoms with Gasteiger partial charge in [0.1, 0.15) is 0 Å². The highest BCUT2D eigenvalue weighted by Crippen LogP contribution is 2.51. The minimum absolute atomic E-state index is 0.169. The molecule has 0 N–H and O–H groups in total. The Kier molecular flexibility index (Phi) is 1.83. The number of hydrogen-bond donors (Lipinski definition) is 0. The summed E-state index contributed by atoms with van der Waals surface area (Å²) in [6, 6.07) is 0. The molecule has 0 aromatic rings. The van der Waals surface area contributed by atoms with E-state index in [4.69, 9.17) is 2.74 Å². The molecular formula is C12H22. The average molecular weight is 168 g/mol. The van der Waals surface area contributed by atoms with Crippen molar-refractivity contribution in [2.24, 2.45) is 23.7 Å². The molecule has 0 saturated heterocycles. The Morgan fingerprint density at radius 2 is 1.67 bits per heavy atom. The molecule has 2 fully saturated rings. The van der Waals surface area contributed by atoms with Gasteiger partial charge in [-0.05, 0) is 55.8 Å². The van der Waals surface area contributed by atoms with Crippen molar-refractivity contribution in [3.8, 4) is 0 Å². The van der Waals surface area contributed by atoms with Gasteiger partial charge in [0.25, 0.3) is 0 Å². The second-order valence-electron chi connectivity index (χ2n) is 4.90. The molecule has 2 bridgehead atoms. The molecule has 0 spiro atoms. The van der Waals surface area contributed by atoms with Crippen LogP contribution in [0.4, 0.5) is 0 Å². The molecule has 0 amide bonds. The molecule has 2 rings (SSSR count). The Morgan fingerprint density at radius 3 is 2.08 bits per heavy atom. The fourth-order valence-electron chi connectivity index (χ4n) is 3.09. The van der Waals surface area contributed by atoms with Gasteiger partial charge in [-0.1, -0.05) is 20.2 Å². The summed E-state index contributed by atoms with van der Waals surface area (Å²) in [7, 11) is 0. The van der Waals surface area contributed by atoms with E-state index in [0.29, 0.717) is 5.92 Å². The summed E-state index contributed by atoms with van der Waals surface area (Å²) in [5, 5.41) is 0. The van der Waals surface area contributed by atoms with Crippen LogP contribution in [0.1, 0.15) is 55.1 Å². The molecule has 0 atom stereocenters. The number of hydrogen-bond acceptors (Lipinski definition) is 0. The molecule has 0 heteroatoms. The Bertz CT molecular complexity index is 190. The first-order valence-corrected chi connectivity index (χ1v) is 5.50. The van der Waals surface area contributed by atoms with E-state index in [0.717, 1.165) is 18.3 Å². The summed E-state index contributed by atoms with van der Waals surface area (Å²) in [5.74, 6) is 2.62. The van der Waals surface area contributed by atoms with Crippen molar-refractivity contribution in [2.45, 2.75) is 52.3 Å². The molecule has 0 aromatic heterocycles. The molecule has 0 heterocycles. The minimum Gasteiger partial charge on any atom is -0.0628 e. The lowest BCUT2D eigenvalue weighted by Crippen LogP contribution is -2.07. The Balaban J connectivity index is 1.98. The molecule has 0 aromatic carbocycles. The van der Waals surface area contributed by atoms with Gasteiger partial charge in [-0.3, -0.25) is 0 Å². The quantitative estimate of drug-likeness (QED) is 0.600. The third kappa shape index (κ3) is 1.53. The van der Waals surface area contributed by atoms with Gasteiger partial charge in [0.15, 0.2) is 0 Å². The lowest BCUT2D eigenvalue weighted by molar-refractivity contribution is 0.344. The van der Waals surface area contributed by atoms with Crippen LogP contribution in [0, 0.1) is 23.7 Å². The zero-order valence-corrected chi connectivity index (χ0v) is 8.34. The third-order valence-electron chi connectivity index (χ3n) is 3.79. The van der Waals surface area contributed by atoms with Gasteiger partial charge in [-0.25, -0.2) is 0 Å². The second kappa shape index (κ2) is 3.40. The molecule has 0 nitrogen and oxygen atoms in total. The summed E-state index contributed by atoms with van der Waals surface area (Å²) in [6.45, 7) is 4.02. The standard InChI is InChI=1S/C12H22/c1-9(2)3-8-12-10-4-5-11(12)7-6-10/h9-12H,3-8H2,1-2H3/i3D2. The number of fused-ring (bicyclic) bond motifs is 2. The van der Waals surface area contributed by atoms with Crippen molar-refractivity contribution in [3.05, 3.63) is 0 Å². The maximum Gasteiger partial charge on any atom is 0.0269 e. The maximum absolute atomic E-state index is 8.02. The van der Waals surface area contributed by atoms with Crippen molar-refractivity contribution in [1.29, 1.82) is 0 Å². The second-order valence-corrected chi connectivity index (χ2v) is 4.90. The maximum atomic E-state index is 8.02. The van der Waals surface area contributed by atoms with Crippen LogP contribution in [0.2, 0.25) is 0 Å². The SMILES string of the molecule is [2H]C([2H])(CC1C2CCC1CC2)C(C)C. The molecule has 2 aliphatic carbocycles. The summed E-state index contributed by atoms with van der Waals surface area (Å²) in [4.78, 5) is 0. The Morgan fingerprint density at radius 1 is 1.17 bits per heavy atom. The Hall–Kier alpha value is 0. The van der Waals surface area contributed by atoms with Crippen LogP contribution in [-0.4, -0.2) is 0 Å². The number of rotatable bonds is 3. The van der Waals surface area contributed by atoms with E-state index in [-0.39, 0.29) is 5.92 Å². The van der Waals surface area contributed by atoms with Crippen LogP contribution in [0.25, 0.3) is 0 Å². The highest BCUT2D eigenvalue weighted by Gasteiger charge is 2.40. The molecule has 2 saturated carbocycles. The summed E-state index contributed by atoms with van der Waals surface area (Å²) in [6.07, 6.45) is 5.40. The van der Waals surface area contributed by atoms with Crippen LogP contribution in [-0.2, 0) is 0 Å². The van der Waals surface area contributed by atoms with Gasteiger partial charge in [-0.15, -0.1) is 0 Å². The lowest BCUT2D eigenvalue weighted by atomic mass is 9.90. The van der Waals surface area contributed by atoms with Crippen molar-refractivity contribution in [3.63, 3.8) is 0 Å². The van der Waals surface area contributed by atoms with E-state index >= 15 is 0 Å². The monoisotopic (exact) mass is 168 g/mol. The van der Waals surface area contributed by atoms with Crippen molar-refractivity contribution in [1.82, 2.24) is 0 Å². The van der Waals surface area contributed by atoms with Crippen molar-refractivity contribution < 1.29 is 2.74 Å². The first-order chi connectivity index (χ1) is 6.50. The minimum atomic E-state index is -0.935. The van der Waals surface area contributed by atoms with Crippen LogP contribution in [0.5, 0.6) is 0 Å². The summed E-state index contributed by atoms with van der Waals surface area (Å²) in [5.41, 5.74) is 0. The molecule has 0 aliphatic heterocycles. The fraction of sp³-hybridized carbons (Fsp3) is 1.00. The first-order valence-electron chi connectivity index (χ1n) is 6.50. The van der Waals surface area contributed by atoms with E-state index < -0.39 is 6.37 Å². The van der Waals surface area contributed by atoms with Gasteiger partial charge in [-0.2, -0.15) is 0 Å². The topological polar surface area (TPSA) is 0 Å². The first kappa shape index (κ1) is 6.45. The molecule has 2 aliphatic rings. The summed E-state index contributed by atoms with van der Waals surface area (Å²) < 4.78 is 16.0. The van der Waals surface area contributed by atoms with Crippen LogP contribution in [0.3, 0.4) is 0 Å². The fourth-order valence-corrected chi connectivity index (χ4v) is 3.09. The van der Waals surface area contributed by atoms with Gasteiger partial charge in [0, 0.05) is 2.74 Å². The molecule has 0 radical (unpaired) electrons. The summed E-state index contributed by atoms with van der Waals surface area (Å²) >= 11 is 0. The van der Waals surface area contributed by atoms with E-state index in [9.17, 15) is 0 Å². The molecular weight excluding hydrogens is 144 g/mol. The smallest absolute Gasteiger partial charge is 0.0269 e. The van der Waals surface area contributed by atoms with Crippen molar-refractivity contribution in [2.75, 3.05) is 0 Å². The van der Waals surface area contributed by atoms with Gasteiger partial charge < -0.3 is 0 Å². The molecule has 0 unspecified atom stereocenters. The lowest BCUT2D eigenvalue weighted by Gasteiger charge is -2.16. The van der Waals surface area contributed by atoms with Crippen molar-refractivity contribution >= 4 is 0 Å². The third-order valence-corrected chi connectivity index (χ3v) is 3.79. The average Bonchev–Trinajstić information content (AvgIpc) is 2.64. The highest BCUT2D eigenvalue weighted by atomic mass is 14.5. The van der Waals surface area contributed by atoms with Crippen LogP contribution >= 0.6 is 0 Å². The van der Waals surface area contributed by atoms with E-state index in [1.807, 2.05) is 13.8 Å². The molecule has 12 heavy (non-hydrogen) atoms. The highest BCUT2D eigenvalue weighted by molar-refractivity contribution is 4.91. The van der Waals surface area contributed by atoms with E-state index in [2.05, 4.69) is 0 Å². The normalized spacial score (nSPS) is 43.4. The predicted molar refractivity (Wildman–Crippen MR) is 53.0 cm³/mol. The van der Waals surface area contributed by atoms with E-state index in [1.54, 1.807) is 0 Å². The predicted octanol–water partition coefficient (Wildman–Crippen LogP) is 3.86. The largest absolute Gasteiger partial charge is 0.0628 e.